The van der Waals surface area contributed by atoms with Crippen LogP contribution in [0.4, 0.5) is 0 Å². The van der Waals surface area contributed by atoms with E-state index in [2.05, 4.69) is 0 Å². The van der Waals surface area contributed by atoms with E-state index in [4.69, 9.17) is 5.11 Å². The quantitative estimate of drug-likeness (QED) is 0.705. The Morgan fingerprint density at radius 3 is 2.43 bits per heavy atom. The molecule has 1 rings (SSSR count). The third-order valence-electron chi connectivity index (χ3n) is 2.86. The molecule has 0 aromatic carbocycles. The van der Waals surface area contributed by atoms with Crippen LogP contribution in [0, 0.1) is 0 Å². The molecule has 5 heteroatoms. The maximum absolute atomic E-state index is 11.3. The van der Waals surface area contributed by atoms with Crippen LogP contribution in [0.15, 0.2) is 0 Å². The number of rotatable bonds is 4. The largest absolute Gasteiger partial charge is 0.386 e. The highest BCUT2D eigenvalue weighted by Crippen LogP contribution is 2.40. The summed E-state index contributed by atoms with van der Waals surface area (Å²) in [6.45, 7) is 0. The molecule has 0 bridgehead atoms. The van der Waals surface area contributed by atoms with Gasteiger partial charge in [-0.3, -0.25) is 9.46 Å². The van der Waals surface area contributed by atoms with Gasteiger partial charge in [-0.2, -0.15) is 0 Å². The van der Waals surface area contributed by atoms with Crippen molar-refractivity contribution in [1.82, 2.24) is 4.90 Å². The lowest BCUT2D eigenvalue weighted by molar-refractivity contribution is 0.208. The average Bonchev–Trinajstić information content (AvgIpc) is 2.19. The van der Waals surface area contributed by atoms with E-state index in [-0.39, 0.29) is 6.29 Å². The summed E-state index contributed by atoms with van der Waals surface area (Å²) >= 11 is 0. The van der Waals surface area contributed by atoms with Gasteiger partial charge in [0.15, 0.2) is 0 Å². The zero-order valence-electron chi connectivity index (χ0n) is 8.72. The van der Waals surface area contributed by atoms with Gasteiger partial charge in [-0.25, -0.2) is 0 Å². The van der Waals surface area contributed by atoms with Crippen molar-refractivity contribution >= 4 is 7.37 Å². The molecule has 0 aliphatic heterocycles. The Morgan fingerprint density at radius 2 is 1.93 bits per heavy atom. The maximum Gasteiger partial charge on any atom is 0.238 e. The zero-order valence-corrected chi connectivity index (χ0v) is 9.62. The van der Waals surface area contributed by atoms with Crippen molar-refractivity contribution in [2.45, 2.75) is 38.1 Å². The lowest BCUT2D eigenvalue weighted by Crippen LogP contribution is -2.34. The van der Waals surface area contributed by atoms with E-state index in [9.17, 15) is 9.46 Å². The molecule has 1 saturated carbocycles. The van der Waals surface area contributed by atoms with Gasteiger partial charge in [0.25, 0.3) is 0 Å². The molecule has 1 aliphatic rings. The summed E-state index contributed by atoms with van der Waals surface area (Å²) in [5.41, 5.74) is 0. The van der Waals surface area contributed by atoms with Crippen LogP contribution in [0.2, 0.25) is 0 Å². The standard InChI is InChI=1S/C9H20NO3P/c1-10(7-14(12,13)8-11)9-5-3-2-4-6-9/h9,11H,2-8H2,1H3,(H,12,13). The Morgan fingerprint density at radius 1 is 1.36 bits per heavy atom. The zero-order chi connectivity index (χ0) is 10.6. The third-order valence-corrected chi connectivity index (χ3v) is 4.19. The normalized spacial score (nSPS) is 23.7. The van der Waals surface area contributed by atoms with Crippen molar-refractivity contribution in [2.24, 2.45) is 0 Å². The number of nitrogens with zero attached hydrogens (tertiary/aromatic N) is 1. The highest BCUT2D eigenvalue weighted by atomic mass is 31.2. The molecule has 1 unspecified atom stereocenters. The van der Waals surface area contributed by atoms with Crippen molar-refractivity contribution in [3.8, 4) is 0 Å². The van der Waals surface area contributed by atoms with Crippen LogP contribution in [0.1, 0.15) is 32.1 Å². The van der Waals surface area contributed by atoms with Crippen LogP contribution in [-0.2, 0) is 4.57 Å². The van der Waals surface area contributed by atoms with E-state index in [1.807, 2.05) is 11.9 Å². The van der Waals surface area contributed by atoms with Crippen molar-refractivity contribution < 1.29 is 14.6 Å². The molecule has 0 aromatic heterocycles. The fraction of sp³-hybridized carbons (Fsp3) is 1.00. The van der Waals surface area contributed by atoms with E-state index in [0.29, 0.717) is 6.04 Å². The first-order valence-electron chi connectivity index (χ1n) is 5.17. The predicted molar refractivity (Wildman–Crippen MR) is 56.4 cm³/mol. The SMILES string of the molecule is CN(CP(=O)(O)CO)C1CCCCC1. The molecule has 84 valence electrons. The molecule has 0 spiro atoms. The molecule has 0 heterocycles. The van der Waals surface area contributed by atoms with Gasteiger partial charge in [0.05, 0.1) is 6.29 Å². The minimum Gasteiger partial charge on any atom is -0.386 e. The van der Waals surface area contributed by atoms with Gasteiger partial charge in [-0.15, -0.1) is 0 Å². The minimum absolute atomic E-state index is 0.119. The Hall–Kier alpha value is 0.110. The average molecular weight is 221 g/mol. The molecule has 0 amide bonds. The van der Waals surface area contributed by atoms with Crippen LogP contribution in [0.3, 0.4) is 0 Å². The first-order chi connectivity index (χ1) is 6.55. The van der Waals surface area contributed by atoms with Crippen molar-refractivity contribution in [3.63, 3.8) is 0 Å². The van der Waals surface area contributed by atoms with Crippen LogP contribution < -0.4 is 0 Å². The van der Waals surface area contributed by atoms with Crippen LogP contribution >= 0.6 is 7.37 Å². The van der Waals surface area contributed by atoms with Gasteiger partial charge in [-0.1, -0.05) is 19.3 Å². The van der Waals surface area contributed by atoms with Gasteiger partial charge in [0.1, 0.15) is 6.35 Å². The molecule has 14 heavy (non-hydrogen) atoms. The van der Waals surface area contributed by atoms with E-state index in [0.717, 1.165) is 12.8 Å². The molecular weight excluding hydrogens is 201 g/mol. The van der Waals surface area contributed by atoms with E-state index in [1.54, 1.807) is 0 Å². The molecule has 4 nitrogen and oxygen atoms in total. The smallest absolute Gasteiger partial charge is 0.238 e. The van der Waals surface area contributed by atoms with Crippen LogP contribution in [-0.4, -0.2) is 40.6 Å². The van der Waals surface area contributed by atoms with Crippen LogP contribution in [0.25, 0.3) is 0 Å². The Balaban J connectivity index is 2.40. The summed E-state index contributed by atoms with van der Waals surface area (Å²) < 4.78 is 11.3. The molecule has 1 fully saturated rings. The molecule has 0 radical (unpaired) electrons. The number of aliphatic hydroxyl groups excluding tert-OH is 1. The first kappa shape index (κ1) is 12.2. The minimum atomic E-state index is -3.31. The van der Waals surface area contributed by atoms with Gasteiger partial charge < -0.3 is 10.00 Å². The highest BCUT2D eigenvalue weighted by Gasteiger charge is 2.25. The number of hydrogen-bond donors (Lipinski definition) is 2. The monoisotopic (exact) mass is 221 g/mol. The second-order valence-corrected chi connectivity index (χ2v) is 6.44. The molecule has 0 saturated heterocycles. The van der Waals surface area contributed by atoms with Gasteiger partial charge >= 0.3 is 0 Å². The fourth-order valence-corrected chi connectivity index (χ4v) is 3.05. The Kier molecular flexibility index (Phi) is 4.58. The highest BCUT2D eigenvalue weighted by molar-refractivity contribution is 7.57. The van der Waals surface area contributed by atoms with E-state index in [1.165, 1.54) is 19.3 Å². The molecule has 0 aromatic rings. The molecular formula is C9H20NO3P. The summed E-state index contributed by atoms with van der Waals surface area (Å²) in [7, 11) is -1.45. The van der Waals surface area contributed by atoms with Gasteiger partial charge in [-0.05, 0) is 19.9 Å². The summed E-state index contributed by atoms with van der Waals surface area (Å²) in [4.78, 5) is 11.2. The lowest BCUT2D eigenvalue weighted by Gasteiger charge is -2.31. The Labute approximate surface area is 85.4 Å². The number of hydrogen-bond acceptors (Lipinski definition) is 3. The lowest BCUT2D eigenvalue weighted by atomic mass is 9.95. The summed E-state index contributed by atoms with van der Waals surface area (Å²) in [6, 6.07) is 0.427. The molecule has 2 N–H and O–H groups in total. The third kappa shape index (κ3) is 3.70. The second-order valence-electron chi connectivity index (χ2n) is 4.18. The predicted octanol–water partition coefficient (Wildman–Crippen LogP) is 1.43. The fourth-order valence-electron chi connectivity index (χ4n) is 2.03. The number of aliphatic hydroxyl groups is 1. The summed E-state index contributed by atoms with van der Waals surface area (Å²) in [6.07, 6.45) is 5.44. The van der Waals surface area contributed by atoms with Crippen molar-refractivity contribution in [3.05, 3.63) is 0 Å². The van der Waals surface area contributed by atoms with E-state index >= 15 is 0 Å². The summed E-state index contributed by atoms with van der Waals surface area (Å²) in [5.74, 6) is 0. The van der Waals surface area contributed by atoms with Gasteiger partial charge in [0, 0.05) is 6.04 Å². The topological polar surface area (TPSA) is 60.8 Å². The second kappa shape index (κ2) is 5.26. The van der Waals surface area contributed by atoms with Crippen LogP contribution in [0.5, 0.6) is 0 Å². The summed E-state index contributed by atoms with van der Waals surface area (Å²) in [5, 5.41) is 8.70. The maximum atomic E-state index is 11.3. The van der Waals surface area contributed by atoms with Gasteiger partial charge in [0.2, 0.25) is 7.37 Å². The van der Waals surface area contributed by atoms with Crippen molar-refractivity contribution in [2.75, 3.05) is 19.7 Å². The van der Waals surface area contributed by atoms with Crippen molar-refractivity contribution in [1.29, 1.82) is 0 Å². The van der Waals surface area contributed by atoms with E-state index < -0.39 is 13.7 Å². The molecule has 1 aliphatic carbocycles. The Bertz CT molecular complexity index is 216. The first-order valence-corrected chi connectivity index (χ1v) is 7.20. The molecule has 1 atom stereocenters.